The molecule has 0 unspecified atom stereocenters. The van der Waals surface area contributed by atoms with Gasteiger partial charge in [-0.25, -0.2) is 0 Å². The summed E-state index contributed by atoms with van der Waals surface area (Å²) in [6.45, 7) is 6.64. The van der Waals surface area contributed by atoms with Crippen molar-refractivity contribution in [2.24, 2.45) is 0 Å². The minimum Gasteiger partial charge on any atom is -0.311 e. The molecule has 4 nitrogen and oxygen atoms in total. The fourth-order valence-corrected chi connectivity index (χ4v) is 3.88. The van der Waals surface area contributed by atoms with Gasteiger partial charge in [0.1, 0.15) is 0 Å². The predicted octanol–water partition coefficient (Wildman–Crippen LogP) is 5.23. The third-order valence-corrected chi connectivity index (χ3v) is 5.78. The first-order valence-corrected chi connectivity index (χ1v) is 9.98. The summed E-state index contributed by atoms with van der Waals surface area (Å²) in [6.07, 6.45) is 1.77. The first kappa shape index (κ1) is 19.6. The first-order chi connectivity index (χ1) is 12.9. The summed E-state index contributed by atoms with van der Waals surface area (Å²) >= 11 is 6.86. The van der Waals surface area contributed by atoms with Gasteiger partial charge in [-0.15, -0.1) is 0 Å². The zero-order chi connectivity index (χ0) is 19.6. The van der Waals surface area contributed by atoms with E-state index in [9.17, 15) is 9.59 Å². The van der Waals surface area contributed by atoms with Crippen molar-refractivity contribution in [1.82, 2.24) is 9.80 Å². The zero-order valence-corrected chi connectivity index (χ0v) is 18.0. The molecule has 2 aromatic rings. The quantitative estimate of drug-likeness (QED) is 0.579. The van der Waals surface area contributed by atoms with Crippen LogP contribution in [0.4, 0.5) is 0 Å². The van der Waals surface area contributed by atoms with E-state index >= 15 is 0 Å². The molecule has 0 atom stereocenters. The fourth-order valence-electron chi connectivity index (χ4n) is 2.97. The normalized spacial score (nSPS) is 14.6. The molecule has 1 heterocycles. The number of allylic oxidation sites excluding steroid dienone is 2. The highest BCUT2D eigenvalue weighted by Crippen LogP contribution is 2.25. The molecular formula is C21H18Br2N2O2. The highest BCUT2D eigenvalue weighted by molar-refractivity contribution is 9.10. The van der Waals surface area contributed by atoms with E-state index in [0.717, 1.165) is 14.6 Å². The van der Waals surface area contributed by atoms with Crippen LogP contribution in [0, 0.1) is 0 Å². The van der Waals surface area contributed by atoms with Gasteiger partial charge >= 0.3 is 0 Å². The van der Waals surface area contributed by atoms with Crippen LogP contribution in [0.3, 0.4) is 0 Å². The molecule has 0 aromatic heterocycles. The lowest BCUT2D eigenvalue weighted by molar-refractivity contribution is 0.0748. The molecule has 0 saturated carbocycles. The maximum Gasteiger partial charge on any atom is 0.259 e. The third-order valence-electron chi connectivity index (χ3n) is 4.39. The molecule has 138 valence electrons. The number of halogens is 2. The van der Waals surface area contributed by atoms with Gasteiger partial charge in [-0.05, 0) is 69.1 Å². The second kappa shape index (κ2) is 8.23. The monoisotopic (exact) mass is 488 g/mol. The van der Waals surface area contributed by atoms with Gasteiger partial charge in [0.25, 0.3) is 11.8 Å². The lowest BCUT2D eigenvalue weighted by Gasteiger charge is -2.24. The Hall–Kier alpha value is -2.18. The molecule has 1 aliphatic heterocycles. The molecule has 27 heavy (non-hydrogen) atoms. The van der Waals surface area contributed by atoms with Gasteiger partial charge in [-0.3, -0.25) is 9.59 Å². The van der Waals surface area contributed by atoms with Crippen molar-refractivity contribution < 1.29 is 9.59 Å². The summed E-state index contributed by atoms with van der Waals surface area (Å²) in [4.78, 5) is 29.3. The lowest BCUT2D eigenvalue weighted by Crippen LogP contribution is -2.37. The molecule has 2 amide bonds. The summed E-state index contributed by atoms with van der Waals surface area (Å²) in [5, 5.41) is 0. The summed E-state index contributed by atoms with van der Waals surface area (Å²) in [5.41, 5.74) is 2.47. The number of rotatable bonds is 2. The molecule has 0 bridgehead atoms. The fraction of sp³-hybridized carbons (Fsp3) is 0.143. The standard InChI is InChI=1S/C21H18Br2N2O2/c1-14-13-15(2)25(21(27)17-8-4-6-10-19(17)23)12-11-24(14)20(26)16-7-3-5-9-18(16)22/h3-10,13H,1,11-12H2,2H3. The Balaban J connectivity index is 1.87. The van der Waals surface area contributed by atoms with E-state index in [-0.39, 0.29) is 11.8 Å². The summed E-state index contributed by atoms with van der Waals surface area (Å²) in [5.74, 6) is -0.258. The number of hydrogen-bond donors (Lipinski definition) is 0. The van der Waals surface area contributed by atoms with Crippen LogP contribution in [0.5, 0.6) is 0 Å². The number of amides is 2. The largest absolute Gasteiger partial charge is 0.311 e. The Labute approximate surface area is 175 Å². The van der Waals surface area contributed by atoms with E-state index in [1.807, 2.05) is 43.3 Å². The Bertz CT molecular complexity index is 953. The molecule has 0 aliphatic carbocycles. The highest BCUT2D eigenvalue weighted by atomic mass is 79.9. The second-order valence-corrected chi connectivity index (χ2v) is 7.86. The van der Waals surface area contributed by atoms with E-state index in [1.165, 1.54) is 0 Å². The van der Waals surface area contributed by atoms with Crippen LogP contribution in [0.1, 0.15) is 27.6 Å². The van der Waals surface area contributed by atoms with E-state index in [4.69, 9.17) is 0 Å². The van der Waals surface area contributed by atoms with Crippen molar-refractivity contribution in [1.29, 1.82) is 0 Å². The van der Waals surface area contributed by atoms with E-state index in [2.05, 4.69) is 38.4 Å². The van der Waals surface area contributed by atoms with Gasteiger partial charge in [0.05, 0.1) is 11.1 Å². The number of hydrogen-bond acceptors (Lipinski definition) is 2. The SMILES string of the molecule is C=C1C=C(C)N(C(=O)c2ccccc2Br)CCN1C(=O)c1ccccc1Br. The van der Waals surface area contributed by atoms with E-state index in [1.54, 1.807) is 28.0 Å². The molecule has 2 aromatic carbocycles. The van der Waals surface area contributed by atoms with Gasteiger partial charge in [0, 0.05) is 33.4 Å². The summed E-state index contributed by atoms with van der Waals surface area (Å²) in [6, 6.07) is 14.6. The van der Waals surface area contributed by atoms with Crippen molar-refractivity contribution in [2.45, 2.75) is 6.92 Å². The van der Waals surface area contributed by atoms with E-state index < -0.39 is 0 Å². The minimum absolute atomic E-state index is 0.112. The molecule has 0 spiro atoms. The first-order valence-electron chi connectivity index (χ1n) is 8.40. The number of benzene rings is 2. The van der Waals surface area contributed by atoms with E-state index in [0.29, 0.717) is 29.9 Å². The zero-order valence-electron chi connectivity index (χ0n) is 14.8. The molecule has 0 saturated heterocycles. The molecule has 1 aliphatic rings. The molecular weight excluding hydrogens is 472 g/mol. The topological polar surface area (TPSA) is 40.6 Å². The summed E-state index contributed by atoms with van der Waals surface area (Å²) < 4.78 is 1.47. The van der Waals surface area contributed by atoms with Crippen molar-refractivity contribution in [3.05, 3.63) is 92.7 Å². The average molecular weight is 490 g/mol. The van der Waals surface area contributed by atoms with Crippen molar-refractivity contribution in [3.8, 4) is 0 Å². The maximum absolute atomic E-state index is 13.0. The number of nitrogens with zero attached hydrogens (tertiary/aromatic N) is 2. The Morgan fingerprint density at radius 1 is 0.852 bits per heavy atom. The smallest absolute Gasteiger partial charge is 0.259 e. The average Bonchev–Trinajstić information content (AvgIpc) is 2.79. The van der Waals surface area contributed by atoms with Crippen LogP contribution in [0.2, 0.25) is 0 Å². The van der Waals surface area contributed by atoms with Gasteiger partial charge in [0.15, 0.2) is 0 Å². The lowest BCUT2D eigenvalue weighted by atomic mass is 10.2. The Kier molecular flexibility index (Phi) is 5.97. The second-order valence-electron chi connectivity index (χ2n) is 6.15. The highest BCUT2D eigenvalue weighted by Gasteiger charge is 2.27. The van der Waals surface area contributed by atoms with Crippen LogP contribution >= 0.6 is 31.9 Å². The van der Waals surface area contributed by atoms with Crippen molar-refractivity contribution >= 4 is 43.7 Å². The molecule has 0 fully saturated rings. The van der Waals surface area contributed by atoms with Gasteiger partial charge in [-0.1, -0.05) is 30.8 Å². The van der Waals surface area contributed by atoms with Crippen LogP contribution < -0.4 is 0 Å². The summed E-state index contributed by atoms with van der Waals surface area (Å²) in [7, 11) is 0. The minimum atomic E-state index is -0.147. The Morgan fingerprint density at radius 3 is 1.81 bits per heavy atom. The molecule has 6 heteroatoms. The molecule has 3 rings (SSSR count). The molecule has 0 N–H and O–H groups in total. The number of carbonyl (C=O) groups is 2. The molecule has 0 radical (unpaired) electrons. The van der Waals surface area contributed by atoms with Crippen LogP contribution in [0.15, 0.2) is 81.5 Å². The predicted molar refractivity (Wildman–Crippen MR) is 113 cm³/mol. The number of carbonyl (C=O) groups excluding carboxylic acids is 2. The van der Waals surface area contributed by atoms with Crippen molar-refractivity contribution in [3.63, 3.8) is 0 Å². The third kappa shape index (κ3) is 4.06. The van der Waals surface area contributed by atoms with Crippen LogP contribution in [-0.4, -0.2) is 34.7 Å². The Morgan fingerprint density at radius 2 is 1.30 bits per heavy atom. The van der Waals surface area contributed by atoms with Gasteiger partial charge < -0.3 is 9.80 Å². The van der Waals surface area contributed by atoms with Gasteiger partial charge in [0.2, 0.25) is 0 Å². The van der Waals surface area contributed by atoms with Crippen LogP contribution in [-0.2, 0) is 0 Å². The maximum atomic E-state index is 13.0. The van der Waals surface area contributed by atoms with Crippen LogP contribution in [0.25, 0.3) is 0 Å². The van der Waals surface area contributed by atoms with Gasteiger partial charge in [-0.2, -0.15) is 0 Å². The van der Waals surface area contributed by atoms with Crippen molar-refractivity contribution in [2.75, 3.05) is 13.1 Å².